The van der Waals surface area contributed by atoms with Crippen LogP contribution in [0.2, 0.25) is 0 Å². The van der Waals surface area contributed by atoms with Gasteiger partial charge in [0.25, 0.3) is 5.91 Å². The van der Waals surface area contributed by atoms with Gasteiger partial charge in [-0.25, -0.2) is 4.39 Å². The molecule has 6 heteroatoms. The molecule has 1 heterocycles. The predicted octanol–water partition coefficient (Wildman–Crippen LogP) is 3.19. The summed E-state index contributed by atoms with van der Waals surface area (Å²) in [6, 6.07) is 11.8. The molecule has 2 aromatic carbocycles. The van der Waals surface area contributed by atoms with Crippen molar-refractivity contribution in [2.45, 2.75) is 18.8 Å². The van der Waals surface area contributed by atoms with Gasteiger partial charge in [0.15, 0.2) is 0 Å². The molecule has 0 aromatic heterocycles. The van der Waals surface area contributed by atoms with Crippen LogP contribution < -0.4 is 15.2 Å². The fourth-order valence-electron chi connectivity index (χ4n) is 3.32. The van der Waals surface area contributed by atoms with E-state index in [1.54, 1.807) is 37.4 Å². The third kappa shape index (κ3) is 4.57. The van der Waals surface area contributed by atoms with Crippen LogP contribution in [-0.4, -0.2) is 44.2 Å². The maximum absolute atomic E-state index is 13.1. The normalized spacial score (nSPS) is 16.4. The van der Waals surface area contributed by atoms with Crippen LogP contribution in [0.5, 0.6) is 11.5 Å². The van der Waals surface area contributed by atoms with Gasteiger partial charge in [0, 0.05) is 19.0 Å². The topological polar surface area (TPSA) is 64.8 Å². The zero-order valence-electron chi connectivity index (χ0n) is 15.5. The van der Waals surface area contributed by atoms with Gasteiger partial charge in [-0.1, -0.05) is 12.1 Å². The Labute approximate surface area is 158 Å². The van der Waals surface area contributed by atoms with E-state index in [4.69, 9.17) is 15.2 Å². The Balaban J connectivity index is 1.75. The summed E-state index contributed by atoms with van der Waals surface area (Å²) in [4.78, 5) is 14.9. The van der Waals surface area contributed by atoms with Crippen molar-refractivity contribution < 1.29 is 18.7 Å². The van der Waals surface area contributed by atoms with Crippen molar-refractivity contribution in [3.05, 3.63) is 59.4 Å². The van der Waals surface area contributed by atoms with Crippen LogP contribution in [0, 0.1) is 5.82 Å². The molecular weight excluding hydrogens is 347 g/mol. The number of carbonyl (C=O) groups is 1. The van der Waals surface area contributed by atoms with Crippen LogP contribution in [0.1, 0.15) is 34.7 Å². The van der Waals surface area contributed by atoms with Crippen LogP contribution in [0.25, 0.3) is 0 Å². The number of nitrogens with two attached hydrogens (primary N) is 1. The van der Waals surface area contributed by atoms with Gasteiger partial charge in [0.2, 0.25) is 0 Å². The summed E-state index contributed by atoms with van der Waals surface area (Å²) < 4.78 is 24.2. The zero-order valence-corrected chi connectivity index (χ0v) is 15.5. The third-order valence-electron chi connectivity index (χ3n) is 4.84. The van der Waals surface area contributed by atoms with Gasteiger partial charge in [-0.15, -0.1) is 0 Å². The lowest BCUT2D eigenvalue weighted by Gasteiger charge is -2.19. The molecule has 0 saturated carbocycles. The highest BCUT2D eigenvalue weighted by atomic mass is 19.1. The number of rotatable bonds is 7. The summed E-state index contributed by atoms with van der Waals surface area (Å²) in [5.41, 5.74) is 7.06. The maximum atomic E-state index is 13.1. The maximum Gasteiger partial charge on any atom is 0.257 e. The van der Waals surface area contributed by atoms with Crippen LogP contribution >= 0.6 is 0 Å². The summed E-state index contributed by atoms with van der Waals surface area (Å²) in [6.07, 6.45) is 1.57. The largest absolute Gasteiger partial charge is 0.497 e. The number of amides is 1. The molecule has 1 fully saturated rings. The monoisotopic (exact) mass is 372 g/mol. The SMILES string of the molecule is COc1ccc(OCCCN)c(C(=O)N2CCC(c3ccc(F)cc3)C2)c1. The van der Waals surface area contributed by atoms with Crippen LogP contribution in [0.4, 0.5) is 4.39 Å². The quantitative estimate of drug-likeness (QED) is 0.758. The Bertz CT molecular complexity index is 779. The van der Waals surface area contributed by atoms with E-state index in [0.717, 1.165) is 18.4 Å². The molecule has 0 aliphatic carbocycles. The summed E-state index contributed by atoms with van der Waals surface area (Å²) >= 11 is 0. The molecule has 27 heavy (non-hydrogen) atoms. The third-order valence-corrected chi connectivity index (χ3v) is 4.84. The van der Waals surface area contributed by atoms with Gasteiger partial charge in [0.05, 0.1) is 19.3 Å². The number of ether oxygens (including phenoxy) is 2. The lowest BCUT2D eigenvalue weighted by atomic mass is 9.98. The first-order chi connectivity index (χ1) is 13.1. The summed E-state index contributed by atoms with van der Waals surface area (Å²) in [5, 5.41) is 0. The Kier molecular flexibility index (Phi) is 6.29. The molecule has 3 rings (SSSR count). The van der Waals surface area contributed by atoms with E-state index in [9.17, 15) is 9.18 Å². The Morgan fingerprint density at radius 3 is 2.74 bits per heavy atom. The molecule has 0 spiro atoms. The van der Waals surface area contributed by atoms with Crippen LogP contribution in [-0.2, 0) is 0 Å². The fourth-order valence-corrected chi connectivity index (χ4v) is 3.32. The smallest absolute Gasteiger partial charge is 0.257 e. The summed E-state index contributed by atoms with van der Waals surface area (Å²) in [6.45, 7) is 2.25. The van der Waals surface area contributed by atoms with Gasteiger partial charge in [0.1, 0.15) is 17.3 Å². The molecule has 1 aliphatic heterocycles. The highest BCUT2D eigenvalue weighted by Crippen LogP contribution is 2.31. The van der Waals surface area contributed by atoms with Gasteiger partial charge >= 0.3 is 0 Å². The van der Waals surface area contributed by atoms with Crippen molar-refractivity contribution in [1.29, 1.82) is 0 Å². The predicted molar refractivity (Wildman–Crippen MR) is 102 cm³/mol. The van der Waals surface area contributed by atoms with Crippen LogP contribution in [0.3, 0.4) is 0 Å². The van der Waals surface area contributed by atoms with E-state index >= 15 is 0 Å². The van der Waals surface area contributed by atoms with Crippen molar-refractivity contribution in [2.24, 2.45) is 5.73 Å². The van der Waals surface area contributed by atoms with Crippen molar-refractivity contribution in [2.75, 3.05) is 33.4 Å². The molecule has 2 N–H and O–H groups in total. The Morgan fingerprint density at radius 2 is 2.04 bits per heavy atom. The lowest BCUT2D eigenvalue weighted by Crippen LogP contribution is -2.29. The lowest BCUT2D eigenvalue weighted by molar-refractivity contribution is 0.0786. The first-order valence-electron chi connectivity index (χ1n) is 9.18. The van der Waals surface area contributed by atoms with E-state index in [0.29, 0.717) is 43.3 Å². The number of likely N-dealkylation sites (tertiary alicyclic amines) is 1. The molecule has 1 saturated heterocycles. The number of hydrogen-bond donors (Lipinski definition) is 1. The van der Waals surface area contributed by atoms with Gasteiger partial charge < -0.3 is 20.1 Å². The highest BCUT2D eigenvalue weighted by molar-refractivity contribution is 5.97. The number of nitrogens with zero attached hydrogens (tertiary/aromatic N) is 1. The minimum Gasteiger partial charge on any atom is -0.497 e. The number of halogens is 1. The molecule has 1 atom stereocenters. The first kappa shape index (κ1) is 19.2. The molecule has 1 unspecified atom stereocenters. The van der Waals surface area contributed by atoms with Gasteiger partial charge in [-0.2, -0.15) is 0 Å². The Morgan fingerprint density at radius 1 is 1.26 bits per heavy atom. The molecule has 0 bridgehead atoms. The second kappa shape index (κ2) is 8.86. The first-order valence-corrected chi connectivity index (χ1v) is 9.18. The fraction of sp³-hybridized carbons (Fsp3) is 0.381. The van der Waals surface area contributed by atoms with Gasteiger partial charge in [-0.3, -0.25) is 4.79 Å². The molecule has 5 nitrogen and oxygen atoms in total. The molecule has 1 amide bonds. The van der Waals surface area contributed by atoms with E-state index in [1.807, 2.05) is 4.90 Å². The minimum absolute atomic E-state index is 0.0822. The summed E-state index contributed by atoms with van der Waals surface area (Å²) in [5.74, 6) is 1.03. The van der Waals surface area contributed by atoms with Crippen molar-refractivity contribution in [3.63, 3.8) is 0 Å². The van der Waals surface area contributed by atoms with Crippen molar-refractivity contribution in [1.82, 2.24) is 4.90 Å². The second-order valence-electron chi connectivity index (χ2n) is 6.64. The average molecular weight is 372 g/mol. The molecular formula is C21H25FN2O3. The number of methoxy groups -OCH3 is 1. The number of hydrogen-bond acceptors (Lipinski definition) is 4. The Hall–Kier alpha value is -2.60. The number of carbonyl (C=O) groups excluding carboxylic acids is 1. The highest BCUT2D eigenvalue weighted by Gasteiger charge is 2.29. The van der Waals surface area contributed by atoms with E-state index in [1.165, 1.54) is 12.1 Å². The zero-order chi connectivity index (χ0) is 19.2. The standard InChI is InChI=1S/C21H25FN2O3/c1-26-18-7-8-20(27-12-2-10-23)19(13-18)21(25)24-11-9-16(14-24)15-3-5-17(22)6-4-15/h3-8,13,16H,2,9-12,14,23H2,1H3. The average Bonchev–Trinajstić information content (AvgIpc) is 3.18. The number of benzene rings is 2. The van der Waals surface area contributed by atoms with Gasteiger partial charge in [-0.05, 0) is 55.3 Å². The molecule has 1 aliphatic rings. The van der Waals surface area contributed by atoms with E-state index in [2.05, 4.69) is 0 Å². The van der Waals surface area contributed by atoms with E-state index in [-0.39, 0.29) is 17.6 Å². The minimum atomic E-state index is -0.250. The summed E-state index contributed by atoms with van der Waals surface area (Å²) in [7, 11) is 1.57. The molecule has 2 aromatic rings. The van der Waals surface area contributed by atoms with Crippen molar-refractivity contribution >= 4 is 5.91 Å². The second-order valence-corrected chi connectivity index (χ2v) is 6.64. The van der Waals surface area contributed by atoms with Crippen LogP contribution in [0.15, 0.2) is 42.5 Å². The molecule has 144 valence electrons. The van der Waals surface area contributed by atoms with Crippen molar-refractivity contribution in [3.8, 4) is 11.5 Å². The van der Waals surface area contributed by atoms with E-state index < -0.39 is 0 Å². The molecule has 0 radical (unpaired) electrons.